The van der Waals surface area contributed by atoms with Gasteiger partial charge in [-0.3, -0.25) is 9.59 Å². The maximum Gasteiger partial charge on any atom is 1.00 e. The van der Waals surface area contributed by atoms with Crippen molar-refractivity contribution in [1.82, 2.24) is 0 Å². The van der Waals surface area contributed by atoms with Gasteiger partial charge in [0.25, 0.3) is 0 Å². The van der Waals surface area contributed by atoms with Crippen molar-refractivity contribution in [3.05, 3.63) is 43.7 Å². The number of fused-ring (bicyclic) bond motifs is 2. The molecule has 0 aliphatic heterocycles. The molecule has 0 aliphatic carbocycles. The number of carbonyl (C=O) groups is 2. The molecule has 0 aliphatic rings. The largest absolute Gasteiger partial charge is 1.00 e. The molecule has 3 aromatic rings. The predicted molar refractivity (Wildman–Crippen MR) is 87.2 cm³/mol. The second-order valence-corrected chi connectivity index (χ2v) is 5.45. The molecule has 0 N–H and O–H groups in total. The molecule has 134 valence electrons. The topological polar surface area (TPSA) is 133 Å². The third kappa shape index (κ3) is 3.45. The van der Waals surface area contributed by atoms with Gasteiger partial charge >= 0.3 is 49.7 Å². The Kier molecular flexibility index (Phi) is 7.53. The van der Waals surface area contributed by atoms with Crippen molar-refractivity contribution in [2.45, 2.75) is 13.8 Å². The molecule has 3 aromatic carbocycles. The van der Waals surface area contributed by atoms with Crippen molar-refractivity contribution in [3.63, 3.8) is 0 Å². The zero-order valence-electron chi connectivity index (χ0n) is 15.8. The zero-order valence-corrected chi connectivity index (χ0v) is 15.8. The van der Waals surface area contributed by atoms with E-state index in [1.165, 1.54) is 13.8 Å². The van der Waals surface area contributed by atoms with Crippen molar-refractivity contribution < 1.29 is 67.0 Å². The summed E-state index contributed by atoms with van der Waals surface area (Å²) in [4.78, 5) is 48.4. The SMILES string of the molecule is CCOC(=O)c1c([O-])c2cc3c([O-])c(C(=O)OCC)c(=O)c3cc2c1=O.[Li+].[Li+]. The van der Waals surface area contributed by atoms with Gasteiger partial charge in [-0.2, -0.15) is 0 Å². The third-order valence-electron chi connectivity index (χ3n) is 4.00. The van der Waals surface area contributed by atoms with E-state index < -0.39 is 45.4 Å². The van der Waals surface area contributed by atoms with Crippen LogP contribution in [0.1, 0.15) is 34.6 Å². The molecular formula is C18H12Li2O8. The minimum Gasteiger partial charge on any atom is -0.871 e. The molecule has 0 amide bonds. The zero-order chi connectivity index (χ0) is 19.2. The van der Waals surface area contributed by atoms with Gasteiger partial charge in [0.15, 0.2) is 10.9 Å². The summed E-state index contributed by atoms with van der Waals surface area (Å²) in [5.74, 6) is -3.88. The third-order valence-corrected chi connectivity index (χ3v) is 4.00. The first-order valence-corrected chi connectivity index (χ1v) is 7.78. The van der Waals surface area contributed by atoms with Gasteiger partial charge in [-0.25, -0.2) is 9.59 Å². The van der Waals surface area contributed by atoms with Crippen LogP contribution < -0.4 is 58.8 Å². The quantitative estimate of drug-likeness (QED) is 0.328. The summed E-state index contributed by atoms with van der Waals surface area (Å²) < 4.78 is 9.40. The van der Waals surface area contributed by atoms with Gasteiger partial charge in [0.05, 0.1) is 13.2 Å². The Balaban J connectivity index is 0.00000196. The van der Waals surface area contributed by atoms with Crippen LogP contribution in [0.2, 0.25) is 0 Å². The summed E-state index contributed by atoms with van der Waals surface area (Å²) in [7, 11) is 0. The van der Waals surface area contributed by atoms with Crippen LogP contribution in [-0.2, 0) is 9.47 Å². The maximum atomic E-state index is 12.4. The number of hydrogen-bond acceptors (Lipinski definition) is 8. The van der Waals surface area contributed by atoms with Crippen molar-refractivity contribution in [1.29, 1.82) is 0 Å². The minimum absolute atomic E-state index is 0. The van der Waals surface area contributed by atoms with E-state index in [-0.39, 0.29) is 72.5 Å². The maximum absolute atomic E-state index is 12.4. The number of carbonyl (C=O) groups excluding carboxylic acids is 2. The predicted octanol–water partition coefficient (Wildman–Crippen LogP) is -5.90. The van der Waals surface area contributed by atoms with Crippen molar-refractivity contribution in [2.24, 2.45) is 0 Å². The molecule has 0 saturated heterocycles. The molecule has 0 bridgehead atoms. The summed E-state index contributed by atoms with van der Waals surface area (Å²) in [5, 5.41) is 24.0. The molecule has 28 heavy (non-hydrogen) atoms. The van der Waals surface area contributed by atoms with Gasteiger partial charge in [-0.15, -0.1) is 0 Å². The van der Waals surface area contributed by atoms with Crippen LogP contribution in [0.4, 0.5) is 0 Å². The molecule has 10 heteroatoms. The van der Waals surface area contributed by atoms with Gasteiger partial charge in [-0.05, 0) is 36.8 Å². The number of hydrogen-bond donors (Lipinski definition) is 0. The molecule has 0 atom stereocenters. The van der Waals surface area contributed by atoms with Crippen molar-refractivity contribution in [2.75, 3.05) is 13.2 Å². The molecule has 0 heterocycles. The monoisotopic (exact) mass is 370 g/mol. The van der Waals surface area contributed by atoms with Crippen LogP contribution in [0.15, 0.2) is 21.7 Å². The number of rotatable bonds is 4. The van der Waals surface area contributed by atoms with Crippen LogP contribution in [0.25, 0.3) is 21.5 Å². The fourth-order valence-corrected chi connectivity index (χ4v) is 2.87. The number of esters is 2. The van der Waals surface area contributed by atoms with E-state index in [1.807, 2.05) is 0 Å². The second-order valence-electron chi connectivity index (χ2n) is 5.45. The smallest absolute Gasteiger partial charge is 0.871 e. The molecule has 8 nitrogen and oxygen atoms in total. The van der Waals surface area contributed by atoms with Gasteiger partial charge in [0, 0.05) is 10.8 Å². The Morgan fingerprint density at radius 3 is 1.39 bits per heavy atom. The van der Waals surface area contributed by atoms with E-state index in [0.717, 1.165) is 12.1 Å². The van der Waals surface area contributed by atoms with Gasteiger partial charge in [0.2, 0.25) is 0 Å². The molecule has 0 aromatic heterocycles. The van der Waals surface area contributed by atoms with Gasteiger partial charge < -0.3 is 19.7 Å². The molecular weight excluding hydrogens is 358 g/mol. The molecule has 0 fully saturated rings. The fraction of sp³-hybridized carbons (Fsp3) is 0.222. The van der Waals surface area contributed by atoms with Crippen molar-refractivity contribution >= 4 is 33.5 Å². The van der Waals surface area contributed by atoms with Crippen molar-refractivity contribution in [3.8, 4) is 11.5 Å². The van der Waals surface area contributed by atoms with Gasteiger partial charge in [-0.1, -0.05) is 11.5 Å². The number of ether oxygens (including phenoxy) is 2. The molecule has 0 radical (unpaired) electrons. The summed E-state index contributed by atoms with van der Waals surface area (Å²) in [6, 6.07) is 2.12. The first-order chi connectivity index (χ1) is 12.3. The van der Waals surface area contributed by atoms with E-state index in [2.05, 4.69) is 0 Å². The summed E-state index contributed by atoms with van der Waals surface area (Å²) in [6.07, 6.45) is 0. The van der Waals surface area contributed by atoms with E-state index >= 15 is 0 Å². The standard InChI is InChI=1S/C18H14O8.2Li/c1-3-25-17(23)11-13(19)7-5-9-10(6-8(7)14(11)20)16(22)12(15(9)21)18(24)26-4-2;;/h5-6,19,21H,3-4H2,1-2H3;;/q;2*+1/p-2. The number of benzene rings is 1. The summed E-state index contributed by atoms with van der Waals surface area (Å²) in [5.41, 5.74) is -3.09. The van der Waals surface area contributed by atoms with Crippen LogP contribution in [0.5, 0.6) is 11.5 Å². The van der Waals surface area contributed by atoms with Crippen LogP contribution in [0, 0.1) is 0 Å². The Morgan fingerprint density at radius 2 is 1.07 bits per heavy atom. The minimum atomic E-state index is -1.06. The Bertz CT molecular complexity index is 1070. The normalized spacial score (nSPS) is 10.4. The van der Waals surface area contributed by atoms with Crippen LogP contribution in [0.3, 0.4) is 0 Å². The first kappa shape index (κ1) is 23.8. The van der Waals surface area contributed by atoms with Gasteiger partial charge in [0.1, 0.15) is 11.1 Å². The Morgan fingerprint density at radius 1 is 0.750 bits per heavy atom. The Labute approximate surface area is 182 Å². The van der Waals surface area contributed by atoms with E-state index in [1.54, 1.807) is 0 Å². The molecule has 3 rings (SSSR count). The molecule has 0 spiro atoms. The first-order valence-electron chi connectivity index (χ1n) is 7.78. The summed E-state index contributed by atoms with van der Waals surface area (Å²) in [6.45, 7) is 3.00. The van der Waals surface area contributed by atoms with E-state index in [4.69, 9.17) is 9.47 Å². The Hall–Kier alpha value is -2.23. The van der Waals surface area contributed by atoms with E-state index in [9.17, 15) is 29.4 Å². The molecule has 0 unspecified atom stereocenters. The average Bonchev–Trinajstić information content (AvgIpc) is 2.98. The van der Waals surface area contributed by atoms with Crippen LogP contribution in [-0.4, -0.2) is 25.2 Å². The van der Waals surface area contributed by atoms with E-state index in [0.29, 0.717) is 0 Å². The fourth-order valence-electron chi connectivity index (χ4n) is 2.87. The average molecular weight is 370 g/mol. The summed E-state index contributed by atoms with van der Waals surface area (Å²) >= 11 is 0. The molecule has 0 saturated carbocycles. The second kappa shape index (κ2) is 8.85. The van der Waals surface area contributed by atoms with Crippen LogP contribution >= 0.6 is 0 Å².